The van der Waals surface area contributed by atoms with Gasteiger partial charge in [-0.15, -0.1) is 0 Å². The Bertz CT molecular complexity index is 659. The van der Waals surface area contributed by atoms with Crippen molar-refractivity contribution in [3.8, 4) is 0 Å². The van der Waals surface area contributed by atoms with E-state index in [1.807, 2.05) is 4.98 Å². The molecule has 1 aliphatic heterocycles. The maximum Gasteiger partial charge on any atom is 0.472 e. The maximum absolute atomic E-state index is 13.9. The number of hydrogen-bond donors (Lipinski definition) is 2. The summed E-state index contributed by atoms with van der Waals surface area (Å²) in [4.78, 5) is 33.6. The highest BCUT2D eigenvalue weighted by atomic mass is 31.2. The van der Waals surface area contributed by atoms with Crippen LogP contribution in [-0.4, -0.2) is 40.4 Å². The topological polar surface area (TPSA) is 120 Å². The summed E-state index contributed by atoms with van der Waals surface area (Å²) in [5, 5.41) is 0. The first-order valence-electron chi connectivity index (χ1n) is 5.96. The highest BCUT2D eigenvalue weighted by Crippen LogP contribution is 2.43. The van der Waals surface area contributed by atoms with Crippen LogP contribution in [0.25, 0.3) is 0 Å². The normalized spacial score (nSPS) is 28.4. The zero-order valence-corrected chi connectivity index (χ0v) is 11.9. The second-order valence-corrected chi connectivity index (χ2v) is 5.93. The number of nitrogens with one attached hydrogen (secondary N) is 1. The first kappa shape index (κ1) is 16.1. The molecule has 0 saturated carbocycles. The van der Waals surface area contributed by atoms with E-state index in [4.69, 9.17) is 9.63 Å². The molecule has 2 heterocycles. The lowest BCUT2D eigenvalue weighted by atomic mass is 10.2. The van der Waals surface area contributed by atoms with Crippen LogP contribution < -0.4 is 11.2 Å². The van der Waals surface area contributed by atoms with Crippen molar-refractivity contribution in [1.29, 1.82) is 0 Å². The van der Waals surface area contributed by atoms with Gasteiger partial charge in [0.15, 0.2) is 6.23 Å². The molecule has 1 fully saturated rings. The molecule has 0 bridgehead atoms. The Morgan fingerprint density at radius 3 is 2.95 bits per heavy atom. The summed E-state index contributed by atoms with van der Waals surface area (Å²) in [5.41, 5.74) is -1.41. The van der Waals surface area contributed by atoms with Crippen LogP contribution in [0.15, 0.2) is 21.9 Å². The third-order valence-electron chi connectivity index (χ3n) is 2.91. The van der Waals surface area contributed by atoms with Gasteiger partial charge in [0.25, 0.3) is 5.56 Å². The molecule has 4 unspecified atom stereocenters. The molecule has 2 N–H and O–H groups in total. The number of alkyl halides is 1. The number of ether oxygens (including phenoxy) is 1. The van der Waals surface area contributed by atoms with Gasteiger partial charge in [0.05, 0.1) is 12.7 Å². The minimum atomic E-state index is -4.17. The van der Waals surface area contributed by atoms with Crippen LogP contribution in [0.4, 0.5) is 4.39 Å². The number of aromatic amines is 1. The van der Waals surface area contributed by atoms with Crippen molar-refractivity contribution < 1.29 is 27.6 Å². The van der Waals surface area contributed by atoms with Gasteiger partial charge < -0.3 is 9.63 Å². The molecule has 1 aromatic heterocycles. The lowest BCUT2D eigenvalue weighted by Crippen LogP contribution is -2.34. The molecule has 21 heavy (non-hydrogen) atoms. The van der Waals surface area contributed by atoms with E-state index in [9.17, 15) is 18.5 Å². The molecule has 0 aromatic carbocycles. The molecule has 118 valence electrons. The Balaban J connectivity index is 2.06. The van der Waals surface area contributed by atoms with Gasteiger partial charge in [0, 0.05) is 25.8 Å². The fraction of sp³-hybridized carbons (Fsp3) is 0.600. The van der Waals surface area contributed by atoms with Gasteiger partial charge in [-0.05, 0) is 0 Å². The fourth-order valence-corrected chi connectivity index (χ4v) is 2.37. The zero-order valence-electron chi connectivity index (χ0n) is 11.0. The monoisotopic (exact) mass is 324 g/mol. The average molecular weight is 324 g/mol. The van der Waals surface area contributed by atoms with E-state index < -0.39 is 37.6 Å². The summed E-state index contributed by atoms with van der Waals surface area (Å²) in [6.45, 7) is -0.364. The number of phosphoric acid groups is 1. The summed E-state index contributed by atoms with van der Waals surface area (Å²) in [6.07, 6.45) is -2.58. The largest absolute Gasteiger partial charge is 0.472 e. The van der Waals surface area contributed by atoms with Gasteiger partial charge in [-0.2, -0.15) is 0 Å². The molecule has 9 nitrogen and oxygen atoms in total. The Labute approximate surface area is 117 Å². The summed E-state index contributed by atoms with van der Waals surface area (Å²) < 4.78 is 40.0. The third-order valence-corrected chi connectivity index (χ3v) is 3.85. The van der Waals surface area contributed by atoms with Crippen LogP contribution >= 0.6 is 7.82 Å². The van der Waals surface area contributed by atoms with E-state index in [2.05, 4.69) is 9.05 Å². The standard InChI is InChI=1S/C10H14FN2O7P/c1-18-21(16,17)19-5-6-4-7(11)9(20-6)13-3-2-8(14)12-10(13)15/h2-3,6-7,9H,4-5H2,1H3,(H,16,17)(H,12,14,15). The lowest BCUT2D eigenvalue weighted by molar-refractivity contribution is -0.0394. The number of nitrogens with zero attached hydrogens (tertiary/aromatic N) is 1. The maximum atomic E-state index is 13.9. The van der Waals surface area contributed by atoms with Crippen LogP contribution in [0.3, 0.4) is 0 Å². The smallest absolute Gasteiger partial charge is 0.349 e. The third kappa shape index (κ3) is 3.86. The Morgan fingerprint density at radius 2 is 2.33 bits per heavy atom. The van der Waals surface area contributed by atoms with Gasteiger partial charge in [0.1, 0.15) is 6.17 Å². The fourth-order valence-electron chi connectivity index (χ4n) is 1.91. The van der Waals surface area contributed by atoms with E-state index in [-0.39, 0.29) is 13.0 Å². The molecular weight excluding hydrogens is 310 g/mol. The van der Waals surface area contributed by atoms with Gasteiger partial charge in [-0.3, -0.25) is 23.4 Å². The van der Waals surface area contributed by atoms with Crippen molar-refractivity contribution >= 4 is 7.82 Å². The second kappa shape index (κ2) is 6.20. The summed E-state index contributed by atoms with van der Waals surface area (Å²) in [6, 6.07) is 1.06. The molecule has 1 aliphatic rings. The minimum Gasteiger partial charge on any atom is -0.349 e. The molecule has 0 amide bonds. The summed E-state index contributed by atoms with van der Waals surface area (Å²) >= 11 is 0. The molecule has 4 atom stereocenters. The van der Waals surface area contributed by atoms with Crippen LogP contribution in [-0.2, 0) is 18.3 Å². The van der Waals surface area contributed by atoms with E-state index in [1.165, 1.54) is 0 Å². The number of hydrogen-bond acceptors (Lipinski definition) is 6. The highest BCUT2D eigenvalue weighted by Gasteiger charge is 2.38. The predicted octanol–water partition coefficient (Wildman–Crippen LogP) is -0.0744. The van der Waals surface area contributed by atoms with Crippen molar-refractivity contribution in [3.05, 3.63) is 33.1 Å². The highest BCUT2D eigenvalue weighted by molar-refractivity contribution is 7.47. The number of rotatable bonds is 5. The number of H-pyrrole nitrogens is 1. The molecule has 2 rings (SSSR count). The van der Waals surface area contributed by atoms with Crippen LogP contribution in [0.5, 0.6) is 0 Å². The zero-order chi connectivity index (χ0) is 15.6. The SMILES string of the molecule is COP(=O)(O)OCC1CC(F)C(n2ccc(=O)[nH]c2=O)O1. The van der Waals surface area contributed by atoms with Crippen molar-refractivity contribution in [2.45, 2.75) is 24.9 Å². The quantitative estimate of drug-likeness (QED) is 0.727. The van der Waals surface area contributed by atoms with Crippen LogP contribution in [0.1, 0.15) is 12.6 Å². The van der Waals surface area contributed by atoms with Gasteiger partial charge in [-0.1, -0.05) is 0 Å². The molecule has 1 aromatic rings. The Kier molecular flexibility index (Phi) is 4.74. The predicted molar refractivity (Wildman–Crippen MR) is 67.5 cm³/mol. The Hall–Kier alpha value is -1.32. The van der Waals surface area contributed by atoms with Gasteiger partial charge >= 0.3 is 13.5 Å². The molecule has 11 heteroatoms. The summed E-state index contributed by atoms with van der Waals surface area (Å²) in [5.74, 6) is 0. The molecule has 0 radical (unpaired) electrons. The van der Waals surface area contributed by atoms with Crippen molar-refractivity contribution in [3.63, 3.8) is 0 Å². The van der Waals surface area contributed by atoms with E-state index in [0.29, 0.717) is 0 Å². The minimum absolute atomic E-state index is 0.125. The van der Waals surface area contributed by atoms with Crippen LogP contribution in [0, 0.1) is 0 Å². The first-order valence-corrected chi connectivity index (χ1v) is 7.46. The van der Waals surface area contributed by atoms with Crippen LogP contribution in [0.2, 0.25) is 0 Å². The van der Waals surface area contributed by atoms with Crippen molar-refractivity contribution in [2.24, 2.45) is 0 Å². The second-order valence-electron chi connectivity index (χ2n) is 4.36. The lowest BCUT2D eigenvalue weighted by Gasteiger charge is -2.16. The molecular formula is C10H14FN2O7P. The Morgan fingerprint density at radius 1 is 1.62 bits per heavy atom. The molecule has 0 spiro atoms. The summed E-state index contributed by atoms with van der Waals surface area (Å²) in [7, 11) is -3.17. The van der Waals surface area contributed by atoms with E-state index in [1.54, 1.807) is 0 Å². The van der Waals surface area contributed by atoms with Crippen molar-refractivity contribution in [1.82, 2.24) is 9.55 Å². The van der Waals surface area contributed by atoms with Crippen molar-refractivity contribution in [2.75, 3.05) is 13.7 Å². The van der Waals surface area contributed by atoms with E-state index >= 15 is 0 Å². The molecule has 1 saturated heterocycles. The van der Waals surface area contributed by atoms with Gasteiger partial charge in [-0.25, -0.2) is 13.8 Å². The number of aromatic nitrogens is 2. The molecule has 0 aliphatic carbocycles. The first-order chi connectivity index (χ1) is 9.82. The number of halogens is 1. The van der Waals surface area contributed by atoms with Gasteiger partial charge in [0.2, 0.25) is 0 Å². The van der Waals surface area contributed by atoms with E-state index in [0.717, 1.165) is 23.9 Å². The number of phosphoric ester groups is 1. The average Bonchev–Trinajstić information content (AvgIpc) is 2.78.